The molecule has 0 fully saturated rings. The van der Waals surface area contributed by atoms with Gasteiger partial charge in [-0.25, -0.2) is 0 Å². The van der Waals surface area contributed by atoms with E-state index >= 15 is 0 Å². The number of nitrogens with one attached hydrogen (secondary N) is 1. The molecule has 0 aliphatic rings. The Morgan fingerprint density at radius 2 is 2.44 bits per heavy atom. The van der Waals surface area contributed by atoms with E-state index in [1.165, 1.54) is 0 Å². The van der Waals surface area contributed by atoms with Crippen molar-refractivity contribution in [3.8, 4) is 0 Å². The third-order valence-electron chi connectivity index (χ3n) is 1.01. The molecule has 0 saturated heterocycles. The Morgan fingerprint density at radius 3 is 2.89 bits per heavy atom. The smallest absolute Gasteiger partial charge is 0.0788 e. The van der Waals surface area contributed by atoms with Crippen molar-refractivity contribution in [1.82, 2.24) is 4.98 Å². The highest BCUT2D eigenvalue weighted by atomic mass is 31.0. The van der Waals surface area contributed by atoms with Crippen molar-refractivity contribution in [1.29, 1.82) is 0 Å². The Kier molecular flexibility index (Phi) is 1.85. The van der Waals surface area contributed by atoms with Gasteiger partial charge in [0.2, 0.25) is 0 Å². The largest absolute Gasteiger partial charge is 0.397 e. The van der Waals surface area contributed by atoms with E-state index < -0.39 is 0 Å². The quantitative estimate of drug-likeness (QED) is 0.570. The Hall–Kier alpha value is -0.820. The third kappa shape index (κ3) is 1.30. The van der Waals surface area contributed by atoms with Crippen LogP contribution in [0.25, 0.3) is 0 Å². The zero-order valence-corrected chi connectivity index (χ0v) is 5.99. The Balaban J connectivity index is 3.01. The third-order valence-corrected chi connectivity index (χ3v) is 1.32. The molecule has 1 aromatic heterocycles. The van der Waals surface area contributed by atoms with Crippen molar-refractivity contribution < 1.29 is 0 Å². The fourth-order valence-electron chi connectivity index (χ4n) is 0.526. The maximum atomic E-state index is 5.52. The van der Waals surface area contributed by atoms with Crippen LogP contribution in [-0.2, 0) is 0 Å². The number of nitrogens with zero attached hydrogens (tertiary/aromatic N) is 1. The summed E-state index contributed by atoms with van der Waals surface area (Å²) in [6, 6.07) is 1.74. The highest BCUT2D eigenvalue weighted by Gasteiger charge is 1.90. The number of hydrogen-bond donors (Lipinski definition) is 2. The molecule has 0 aromatic carbocycles. The zero-order valence-electron chi connectivity index (χ0n) is 4.83. The standard InChI is InChI=1S/C5H8N3P/c6-4-1-2-7-3-5(4)8-9/h1-3,8H,9H2,(H2,6,7). The second kappa shape index (κ2) is 2.65. The summed E-state index contributed by atoms with van der Waals surface area (Å²) in [5.41, 5.74) is 7.06. The van der Waals surface area contributed by atoms with Gasteiger partial charge in [-0.05, 0) is 15.5 Å². The first kappa shape index (κ1) is 6.30. The summed E-state index contributed by atoms with van der Waals surface area (Å²) < 4.78 is 0. The van der Waals surface area contributed by atoms with Gasteiger partial charge in [0.05, 0.1) is 17.6 Å². The molecule has 9 heavy (non-hydrogen) atoms. The van der Waals surface area contributed by atoms with Crippen LogP contribution in [-0.4, -0.2) is 4.98 Å². The van der Waals surface area contributed by atoms with E-state index in [1.54, 1.807) is 18.5 Å². The van der Waals surface area contributed by atoms with Gasteiger partial charge in [-0.3, -0.25) is 4.98 Å². The summed E-state index contributed by atoms with van der Waals surface area (Å²) in [5, 5.41) is 2.82. The summed E-state index contributed by atoms with van der Waals surface area (Å²) in [6.45, 7) is 0. The lowest BCUT2D eigenvalue weighted by atomic mass is 10.4. The van der Waals surface area contributed by atoms with Crippen LogP contribution in [0.3, 0.4) is 0 Å². The van der Waals surface area contributed by atoms with Gasteiger partial charge in [-0.2, -0.15) is 0 Å². The van der Waals surface area contributed by atoms with Crippen LogP contribution in [0.2, 0.25) is 0 Å². The van der Waals surface area contributed by atoms with Crippen molar-refractivity contribution >= 4 is 20.8 Å². The molecule has 4 heteroatoms. The average molecular weight is 141 g/mol. The van der Waals surface area contributed by atoms with Gasteiger partial charge in [0.1, 0.15) is 0 Å². The summed E-state index contributed by atoms with van der Waals surface area (Å²) in [6.07, 6.45) is 3.32. The van der Waals surface area contributed by atoms with Crippen molar-refractivity contribution in [3.05, 3.63) is 18.5 Å². The van der Waals surface area contributed by atoms with Gasteiger partial charge in [0, 0.05) is 6.20 Å². The van der Waals surface area contributed by atoms with E-state index in [0.717, 1.165) is 5.69 Å². The minimum absolute atomic E-state index is 0.708. The van der Waals surface area contributed by atoms with Crippen LogP contribution >= 0.6 is 9.39 Å². The van der Waals surface area contributed by atoms with Gasteiger partial charge in [-0.15, -0.1) is 0 Å². The van der Waals surface area contributed by atoms with Crippen LogP contribution in [0.15, 0.2) is 18.5 Å². The van der Waals surface area contributed by atoms with Crippen LogP contribution < -0.4 is 10.8 Å². The molecule has 3 nitrogen and oxygen atoms in total. The molecule has 1 unspecified atom stereocenters. The number of nitrogens with two attached hydrogens (primary N) is 1. The molecule has 3 N–H and O–H groups in total. The van der Waals surface area contributed by atoms with Crippen LogP contribution in [0.4, 0.5) is 11.4 Å². The number of aromatic nitrogens is 1. The molecule has 1 atom stereocenters. The molecule has 0 radical (unpaired) electrons. The molecular formula is C5H8N3P. The zero-order chi connectivity index (χ0) is 6.69. The Labute approximate surface area is 55.9 Å². The lowest BCUT2D eigenvalue weighted by Gasteiger charge is -2.00. The second-order valence-electron chi connectivity index (χ2n) is 1.61. The maximum Gasteiger partial charge on any atom is 0.0788 e. The number of nitrogen functional groups attached to an aromatic ring is 1. The molecule has 0 amide bonds. The van der Waals surface area contributed by atoms with E-state index in [-0.39, 0.29) is 0 Å². The SMILES string of the molecule is Nc1ccncc1NP. The summed E-state index contributed by atoms with van der Waals surface area (Å²) >= 11 is 0. The van der Waals surface area contributed by atoms with E-state index in [2.05, 4.69) is 19.5 Å². The molecule has 1 heterocycles. The highest BCUT2D eigenvalue weighted by molar-refractivity contribution is 7.18. The predicted molar refractivity (Wildman–Crippen MR) is 42.0 cm³/mol. The van der Waals surface area contributed by atoms with E-state index in [4.69, 9.17) is 5.73 Å². The molecule has 0 aliphatic heterocycles. The Morgan fingerprint density at radius 1 is 1.67 bits per heavy atom. The van der Waals surface area contributed by atoms with Gasteiger partial charge in [-0.1, -0.05) is 0 Å². The molecule has 0 aliphatic carbocycles. The summed E-state index contributed by atoms with van der Waals surface area (Å²) in [5.74, 6) is 0. The lowest BCUT2D eigenvalue weighted by molar-refractivity contribution is 1.34. The van der Waals surface area contributed by atoms with Crippen molar-refractivity contribution in [2.75, 3.05) is 10.8 Å². The first-order chi connectivity index (χ1) is 4.34. The van der Waals surface area contributed by atoms with Gasteiger partial charge < -0.3 is 10.8 Å². The lowest BCUT2D eigenvalue weighted by Crippen LogP contribution is -1.90. The normalized spacial score (nSPS) is 9.00. The second-order valence-corrected chi connectivity index (χ2v) is 1.90. The molecule has 0 spiro atoms. The number of pyridine rings is 1. The molecular weight excluding hydrogens is 133 g/mol. The summed E-state index contributed by atoms with van der Waals surface area (Å²) in [7, 11) is 2.36. The molecule has 48 valence electrons. The topological polar surface area (TPSA) is 50.9 Å². The van der Waals surface area contributed by atoms with E-state index in [9.17, 15) is 0 Å². The maximum absolute atomic E-state index is 5.52. The molecule has 0 saturated carbocycles. The minimum Gasteiger partial charge on any atom is -0.397 e. The van der Waals surface area contributed by atoms with Crippen molar-refractivity contribution in [2.45, 2.75) is 0 Å². The molecule has 0 bridgehead atoms. The average Bonchev–Trinajstić information content (AvgIpc) is 1.89. The van der Waals surface area contributed by atoms with Gasteiger partial charge in [0.15, 0.2) is 0 Å². The van der Waals surface area contributed by atoms with Gasteiger partial charge >= 0.3 is 0 Å². The fourth-order valence-corrected chi connectivity index (χ4v) is 0.767. The van der Waals surface area contributed by atoms with Crippen LogP contribution in [0.5, 0.6) is 0 Å². The number of hydrogen-bond acceptors (Lipinski definition) is 3. The predicted octanol–water partition coefficient (Wildman–Crippen LogP) is 0.866. The van der Waals surface area contributed by atoms with E-state index in [0.29, 0.717) is 5.69 Å². The Bertz CT molecular complexity index is 201. The minimum atomic E-state index is 0.708. The van der Waals surface area contributed by atoms with Crippen LogP contribution in [0, 0.1) is 0 Å². The summed E-state index contributed by atoms with van der Waals surface area (Å²) in [4.78, 5) is 3.86. The van der Waals surface area contributed by atoms with Crippen molar-refractivity contribution in [2.24, 2.45) is 0 Å². The van der Waals surface area contributed by atoms with Gasteiger partial charge in [0.25, 0.3) is 0 Å². The molecule has 1 rings (SSSR count). The molecule has 1 aromatic rings. The first-order valence-electron chi connectivity index (χ1n) is 2.50. The number of anilines is 2. The fraction of sp³-hybridized carbons (Fsp3) is 0. The monoisotopic (exact) mass is 141 g/mol. The van der Waals surface area contributed by atoms with Crippen LogP contribution in [0.1, 0.15) is 0 Å². The highest BCUT2D eigenvalue weighted by Crippen LogP contribution is 2.15. The number of rotatable bonds is 1. The first-order valence-corrected chi connectivity index (χ1v) is 3.08. The van der Waals surface area contributed by atoms with E-state index in [1.807, 2.05) is 0 Å². The van der Waals surface area contributed by atoms with Crippen molar-refractivity contribution in [3.63, 3.8) is 0 Å².